The van der Waals surface area contributed by atoms with Gasteiger partial charge in [-0.2, -0.15) is 0 Å². The average Bonchev–Trinajstić information content (AvgIpc) is 2.37. The van der Waals surface area contributed by atoms with Crippen molar-refractivity contribution in [3.05, 3.63) is 0 Å². The summed E-state index contributed by atoms with van der Waals surface area (Å²) in [5, 5.41) is 0. The molecule has 1 rings (SSSR count). The Morgan fingerprint density at radius 3 is 2.53 bits per heavy atom. The number of nitrogens with zero attached hydrogens (tertiary/aromatic N) is 2. The van der Waals surface area contributed by atoms with Gasteiger partial charge < -0.3 is 14.5 Å². The largest absolute Gasteiger partial charge is 0.460 e. The minimum Gasteiger partial charge on any atom is -0.460 e. The summed E-state index contributed by atoms with van der Waals surface area (Å²) in [6.07, 6.45) is 1.69. The Kier molecular flexibility index (Phi) is 5.40. The van der Waals surface area contributed by atoms with Gasteiger partial charge in [0.15, 0.2) is 0 Å². The number of rotatable bonds is 3. The highest BCUT2D eigenvalue weighted by atomic mass is 16.6. The van der Waals surface area contributed by atoms with Gasteiger partial charge in [-0.3, -0.25) is 4.79 Å². The lowest BCUT2D eigenvalue weighted by Gasteiger charge is -2.22. The molecule has 100 valence electrons. The summed E-state index contributed by atoms with van der Waals surface area (Å²) in [4.78, 5) is 16.3. The first-order valence-corrected chi connectivity index (χ1v) is 6.49. The monoisotopic (exact) mass is 242 g/mol. The van der Waals surface area contributed by atoms with Crippen LogP contribution in [-0.2, 0) is 9.53 Å². The molecule has 17 heavy (non-hydrogen) atoms. The van der Waals surface area contributed by atoms with Crippen molar-refractivity contribution < 1.29 is 9.53 Å². The molecule has 0 aliphatic carbocycles. The number of ether oxygens (including phenoxy) is 1. The first-order chi connectivity index (χ1) is 7.87. The standard InChI is InChI=1S/C13H26N2O2/c1-13(2,3)17-12(16)6-9-15-8-5-7-14(4)10-11-15/h5-11H2,1-4H3. The van der Waals surface area contributed by atoms with E-state index in [1.54, 1.807) is 0 Å². The lowest BCUT2D eigenvalue weighted by atomic mass is 10.2. The highest BCUT2D eigenvalue weighted by Gasteiger charge is 2.18. The molecule has 0 aromatic carbocycles. The normalized spacial score (nSPS) is 20.0. The molecule has 0 aromatic heterocycles. The van der Waals surface area contributed by atoms with E-state index in [0.29, 0.717) is 6.42 Å². The van der Waals surface area contributed by atoms with Crippen molar-refractivity contribution in [2.45, 2.75) is 39.2 Å². The molecule has 0 amide bonds. The van der Waals surface area contributed by atoms with E-state index >= 15 is 0 Å². The van der Waals surface area contributed by atoms with E-state index in [2.05, 4.69) is 16.8 Å². The summed E-state index contributed by atoms with van der Waals surface area (Å²) in [5.41, 5.74) is -0.365. The summed E-state index contributed by atoms with van der Waals surface area (Å²) in [6.45, 7) is 10.9. The molecular weight excluding hydrogens is 216 g/mol. The molecule has 0 radical (unpaired) electrons. The predicted octanol–water partition coefficient (Wildman–Crippen LogP) is 1.36. The second-order valence-corrected chi connectivity index (χ2v) is 5.83. The maximum Gasteiger partial charge on any atom is 0.307 e. The zero-order chi connectivity index (χ0) is 12.9. The molecule has 0 saturated carbocycles. The van der Waals surface area contributed by atoms with E-state index < -0.39 is 0 Å². The van der Waals surface area contributed by atoms with Crippen LogP contribution in [0.1, 0.15) is 33.6 Å². The van der Waals surface area contributed by atoms with Crippen molar-refractivity contribution >= 4 is 5.97 Å². The van der Waals surface area contributed by atoms with E-state index in [9.17, 15) is 4.79 Å². The van der Waals surface area contributed by atoms with Crippen LogP contribution < -0.4 is 0 Å². The van der Waals surface area contributed by atoms with Gasteiger partial charge in [0.25, 0.3) is 0 Å². The lowest BCUT2D eigenvalue weighted by molar-refractivity contribution is -0.155. The number of carbonyl (C=O) groups is 1. The van der Waals surface area contributed by atoms with Crippen molar-refractivity contribution in [1.29, 1.82) is 0 Å². The number of likely N-dealkylation sites (N-methyl/N-ethyl adjacent to an activating group) is 1. The molecule has 1 heterocycles. The summed E-state index contributed by atoms with van der Waals surface area (Å²) in [6, 6.07) is 0. The molecule has 4 nitrogen and oxygen atoms in total. The average molecular weight is 242 g/mol. The maximum absolute atomic E-state index is 11.6. The topological polar surface area (TPSA) is 32.8 Å². The fourth-order valence-electron chi connectivity index (χ4n) is 1.97. The van der Waals surface area contributed by atoms with Gasteiger partial charge in [0.2, 0.25) is 0 Å². The van der Waals surface area contributed by atoms with Crippen LogP contribution in [0.2, 0.25) is 0 Å². The lowest BCUT2D eigenvalue weighted by Crippen LogP contribution is -2.32. The quantitative estimate of drug-likeness (QED) is 0.700. The maximum atomic E-state index is 11.6. The zero-order valence-electron chi connectivity index (χ0n) is 11.7. The molecule has 0 aromatic rings. The zero-order valence-corrected chi connectivity index (χ0v) is 11.7. The molecular formula is C13H26N2O2. The van der Waals surface area contributed by atoms with Crippen LogP contribution in [0.15, 0.2) is 0 Å². The Hall–Kier alpha value is -0.610. The number of carbonyl (C=O) groups excluding carboxylic acids is 1. The second-order valence-electron chi connectivity index (χ2n) is 5.83. The Balaban J connectivity index is 2.23. The Labute approximate surface area is 105 Å². The first kappa shape index (κ1) is 14.5. The minimum atomic E-state index is -0.365. The SMILES string of the molecule is CN1CCCN(CCC(=O)OC(C)(C)C)CC1. The third-order valence-corrected chi connectivity index (χ3v) is 2.86. The number of hydrogen-bond donors (Lipinski definition) is 0. The highest BCUT2D eigenvalue weighted by Crippen LogP contribution is 2.09. The summed E-state index contributed by atoms with van der Waals surface area (Å²) in [5.74, 6) is -0.0879. The van der Waals surface area contributed by atoms with Crippen molar-refractivity contribution in [3.63, 3.8) is 0 Å². The minimum absolute atomic E-state index is 0.0879. The fourth-order valence-corrected chi connectivity index (χ4v) is 1.97. The van der Waals surface area contributed by atoms with E-state index in [-0.39, 0.29) is 11.6 Å². The van der Waals surface area contributed by atoms with Gasteiger partial charge >= 0.3 is 5.97 Å². The van der Waals surface area contributed by atoms with E-state index in [1.807, 2.05) is 20.8 Å². The molecule has 0 atom stereocenters. The third kappa shape index (κ3) is 6.64. The van der Waals surface area contributed by atoms with Crippen molar-refractivity contribution in [2.75, 3.05) is 39.8 Å². The number of esters is 1. The highest BCUT2D eigenvalue weighted by molar-refractivity contribution is 5.70. The van der Waals surface area contributed by atoms with Gasteiger partial charge in [-0.25, -0.2) is 0 Å². The van der Waals surface area contributed by atoms with E-state index in [0.717, 1.165) is 32.7 Å². The Morgan fingerprint density at radius 1 is 1.18 bits per heavy atom. The van der Waals surface area contributed by atoms with Gasteiger partial charge in [-0.05, 0) is 47.3 Å². The Morgan fingerprint density at radius 2 is 1.88 bits per heavy atom. The van der Waals surface area contributed by atoms with E-state index in [1.165, 1.54) is 6.42 Å². The van der Waals surface area contributed by atoms with Crippen LogP contribution in [0.25, 0.3) is 0 Å². The van der Waals surface area contributed by atoms with Crippen LogP contribution in [0.4, 0.5) is 0 Å². The molecule has 0 bridgehead atoms. The summed E-state index contributed by atoms with van der Waals surface area (Å²) in [7, 11) is 2.15. The summed E-state index contributed by atoms with van der Waals surface area (Å²) >= 11 is 0. The fraction of sp³-hybridized carbons (Fsp3) is 0.923. The molecule has 0 N–H and O–H groups in total. The van der Waals surface area contributed by atoms with Crippen molar-refractivity contribution in [3.8, 4) is 0 Å². The van der Waals surface area contributed by atoms with Crippen LogP contribution in [0.3, 0.4) is 0 Å². The van der Waals surface area contributed by atoms with Gasteiger partial charge in [0.05, 0.1) is 6.42 Å². The first-order valence-electron chi connectivity index (χ1n) is 6.49. The van der Waals surface area contributed by atoms with Gasteiger partial charge in [0.1, 0.15) is 5.60 Å². The van der Waals surface area contributed by atoms with Crippen LogP contribution in [0.5, 0.6) is 0 Å². The summed E-state index contributed by atoms with van der Waals surface area (Å²) < 4.78 is 5.31. The molecule has 0 unspecified atom stereocenters. The predicted molar refractivity (Wildman–Crippen MR) is 69.0 cm³/mol. The van der Waals surface area contributed by atoms with Crippen molar-refractivity contribution in [2.24, 2.45) is 0 Å². The smallest absolute Gasteiger partial charge is 0.307 e. The molecule has 1 saturated heterocycles. The Bertz CT molecular complexity index is 248. The second kappa shape index (κ2) is 6.36. The van der Waals surface area contributed by atoms with Gasteiger partial charge in [0, 0.05) is 19.6 Å². The third-order valence-electron chi connectivity index (χ3n) is 2.86. The molecule has 4 heteroatoms. The number of hydrogen-bond acceptors (Lipinski definition) is 4. The van der Waals surface area contributed by atoms with Crippen molar-refractivity contribution in [1.82, 2.24) is 9.80 Å². The van der Waals surface area contributed by atoms with Crippen LogP contribution in [-0.4, -0.2) is 61.1 Å². The molecule has 1 aliphatic rings. The molecule has 1 fully saturated rings. The van der Waals surface area contributed by atoms with E-state index in [4.69, 9.17) is 4.74 Å². The van der Waals surface area contributed by atoms with Gasteiger partial charge in [-0.1, -0.05) is 0 Å². The molecule has 1 aliphatic heterocycles. The molecule has 0 spiro atoms. The van der Waals surface area contributed by atoms with Gasteiger partial charge in [-0.15, -0.1) is 0 Å². The van der Waals surface area contributed by atoms with Crippen LogP contribution >= 0.6 is 0 Å². The van der Waals surface area contributed by atoms with Crippen LogP contribution in [0, 0.1) is 0 Å².